The van der Waals surface area contributed by atoms with Crippen LogP contribution < -0.4 is 9.47 Å². The van der Waals surface area contributed by atoms with E-state index in [1.54, 1.807) is 6.92 Å². The molecule has 1 heterocycles. The van der Waals surface area contributed by atoms with Crippen molar-refractivity contribution in [2.75, 3.05) is 13.7 Å². The van der Waals surface area contributed by atoms with E-state index in [0.717, 1.165) is 6.07 Å². The lowest BCUT2D eigenvalue weighted by Gasteiger charge is -2.15. The lowest BCUT2D eigenvalue weighted by molar-refractivity contribution is -0.275. The average Bonchev–Trinajstić information content (AvgIpc) is 2.38. The van der Waals surface area contributed by atoms with Crippen LogP contribution in [0.4, 0.5) is 13.2 Å². The van der Waals surface area contributed by atoms with E-state index < -0.39 is 18.1 Å². The number of halogens is 4. The number of hydrogen-bond donors (Lipinski definition) is 0. The highest BCUT2D eigenvalue weighted by atomic mass is 35.5. The molecule has 1 aromatic heterocycles. The zero-order chi connectivity index (χ0) is 16.0. The number of pyridine rings is 1. The van der Waals surface area contributed by atoms with Crippen LogP contribution in [0, 0.1) is 0 Å². The Morgan fingerprint density at radius 3 is 2.48 bits per heavy atom. The van der Waals surface area contributed by atoms with E-state index >= 15 is 0 Å². The summed E-state index contributed by atoms with van der Waals surface area (Å²) in [6, 6.07) is 0.993. The zero-order valence-electron chi connectivity index (χ0n) is 11.3. The zero-order valence-corrected chi connectivity index (χ0v) is 12.0. The molecule has 0 fully saturated rings. The summed E-state index contributed by atoms with van der Waals surface area (Å²) in [5.41, 5.74) is -0.0183. The highest BCUT2D eigenvalue weighted by Crippen LogP contribution is 2.32. The number of carbonyl (C=O) groups is 1. The second-order valence-electron chi connectivity index (χ2n) is 3.75. The number of carbonyl (C=O) groups excluding carboxylic acids is 1. The van der Waals surface area contributed by atoms with E-state index in [1.807, 2.05) is 0 Å². The van der Waals surface area contributed by atoms with Gasteiger partial charge >= 0.3 is 12.3 Å². The summed E-state index contributed by atoms with van der Waals surface area (Å²) in [5, 5.41) is 0. The highest BCUT2D eigenvalue weighted by Gasteiger charge is 2.33. The van der Waals surface area contributed by atoms with Gasteiger partial charge in [0.2, 0.25) is 0 Å². The quantitative estimate of drug-likeness (QED) is 0.594. The van der Waals surface area contributed by atoms with Gasteiger partial charge in [-0.15, -0.1) is 24.8 Å². The van der Waals surface area contributed by atoms with E-state index in [4.69, 9.17) is 21.1 Å². The molecule has 0 saturated carbocycles. The van der Waals surface area contributed by atoms with E-state index in [9.17, 15) is 18.0 Å². The fourth-order valence-electron chi connectivity index (χ4n) is 1.52. The molecule has 0 spiro atoms. The van der Waals surface area contributed by atoms with Gasteiger partial charge in [-0.05, 0) is 6.92 Å². The first-order valence-corrected chi connectivity index (χ1v) is 6.38. The summed E-state index contributed by atoms with van der Waals surface area (Å²) in [4.78, 5) is 15.3. The van der Waals surface area contributed by atoms with Gasteiger partial charge in [-0.25, -0.2) is 4.98 Å². The summed E-state index contributed by atoms with van der Waals surface area (Å²) in [7, 11) is 1.24. The van der Waals surface area contributed by atoms with Crippen LogP contribution in [0.1, 0.15) is 18.3 Å². The normalized spacial score (nSPS) is 11.1. The van der Waals surface area contributed by atoms with Crippen molar-refractivity contribution in [3.8, 4) is 11.5 Å². The van der Waals surface area contributed by atoms with Gasteiger partial charge in [-0.1, -0.05) is 0 Å². The summed E-state index contributed by atoms with van der Waals surface area (Å²) >= 11 is 5.56. The molecule has 118 valence electrons. The van der Waals surface area contributed by atoms with Crippen molar-refractivity contribution in [1.82, 2.24) is 4.98 Å². The molecular weight excluding hydrogens is 315 g/mol. The van der Waals surface area contributed by atoms with Crippen LogP contribution in [0.15, 0.2) is 6.07 Å². The predicted octanol–water partition coefficient (Wildman–Crippen LogP) is 2.83. The Kier molecular flexibility index (Phi) is 6.07. The molecule has 21 heavy (non-hydrogen) atoms. The number of aromatic nitrogens is 1. The first kappa shape index (κ1) is 17.4. The maximum Gasteiger partial charge on any atom is 0.573 e. The molecule has 0 atom stereocenters. The lowest BCUT2D eigenvalue weighted by atomic mass is 10.2. The molecule has 0 saturated heterocycles. The third-order valence-corrected chi connectivity index (χ3v) is 2.54. The van der Waals surface area contributed by atoms with Crippen molar-refractivity contribution < 1.29 is 32.2 Å². The van der Waals surface area contributed by atoms with Crippen LogP contribution >= 0.6 is 11.6 Å². The Balaban J connectivity index is 3.13. The Hall–Kier alpha value is -1.70. The molecule has 0 unspecified atom stereocenters. The Morgan fingerprint density at radius 2 is 2.00 bits per heavy atom. The number of nitrogens with zero attached hydrogens (tertiary/aromatic N) is 1. The third-order valence-electron chi connectivity index (χ3n) is 2.29. The van der Waals surface area contributed by atoms with Gasteiger partial charge < -0.3 is 14.2 Å². The Morgan fingerprint density at radius 1 is 1.33 bits per heavy atom. The van der Waals surface area contributed by atoms with E-state index in [2.05, 4.69) is 9.72 Å². The van der Waals surface area contributed by atoms with Crippen molar-refractivity contribution in [2.24, 2.45) is 0 Å². The third kappa shape index (κ3) is 5.30. The first-order valence-electron chi connectivity index (χ1n) is 5.84. The fourth-order valence-corrected chi connectivity index (χ4v) is 1.71. The van der Waals surface area contributed by atoms with E-state index in [-0.39, 0.29) is 36.0 Å². The molecular formula is C12H13ClF3NO4. The number of methoxy groups -OCH3 is 1. The summed E-state index contributed by atoms with van der Waals surface area (Å²) in [6.45, 7) is 1.81. The van der Waals surface area contributed by atoms with Crippen LogP contribution in [0.5, 0.6) is 11.5 Å². The minimum Gasteiger partial charge on any atom is -0.495 e. The molecule has 0 amide bonds. The summed E-state index contributed by atoms with van der Waals surface area (Å²) in [5.74, 6) is -1.47. The minimum atomic E-state index is -4.88. The maximum atomic E-state index is 12.3. The van der Waals surface area contributed by atoms with Crippen molar-refractivity contribution in [1.29, 1.82) is 0 Å². The number of hydrogen-bond acceptors (Lipinski definition) is 5. The predicted molar refractivity (Wildman–Crippen MR) is 67.4 cm³/mol. The van der Waals surface area contributed by atoms with Gasteiger partial charge in [0, 0.05) is 6.07 Å². The lowest BCUT2D eigenvalue weighted by Crippen LogP contribution is -2.19. The van der Waals surface area contributed by atoms with Crippen LogP contribution in [-0.4, -0.2) is 31.0 Å². The monoisotopic (exact) mass is 327 g/mol. The molecule has 9 heteroatoms. The molecule has 0 aromatic carbocycles. The first-order chi connectivity index (χ1) is 9.80. The van der Waals surface area contributed by atoms with Crippen LogP contribution in [0.3, 0.4) is 0 Å². The fraction of sp³-hybridized carbons (Fsp3) is 0.500. The topological polar surface area (TPSA) is 57.7 Å². The summed E-state index contributed by atoms with van der Waals surface area (Å²) < 4.78 is 50.4. The number of alkyl halides is 4. The SMILES string of the molecule is CCOC(=O)Cc1nc(CCl)c(OC(F)(F)F)cc1OC. The van der Waals surface area contributed by atoms with Crippen molar-refractivity contribution in [3.05, 3.63) is 17.5 Å². The highest BCUT2D eigenvalue weighted by molar-refractivity contribution is 6.17. The van der Waals surface area contributed by atoms with E-state index in [0.29, 0.717) is 0 Å². The molecule has 0 N–H and O–H groups in total. The van der Waals surface area contributed by atoms with Crippen LogP contribution in [0.2, 0.25) is 0 Å². The maximum absolute atomic E-state index is 12.3. The van der Waals surface area contributed by atoms with E-state index in [1.165, 1.54) is 7.11 Å². The van der Waals surface area contributed by atoms with Crippen LogP contribution in [0.25, 0.3) is 0 Å². The van der Waals surface area contributed by atoms with Crippen LogP contribution in [-0.2, 0) is 21.8 Å². The molecule has 0 aliphatic heterocycles. The number of esters is 1. The number of rotatable bonds is 6. The largest absolute Gasteiger partial charge is 0.573 e. The van der Waals surface area contributed by atoms with Gasteiger partial charge in [-0.3, -0.25) is 4.79 Å². The standard InChI is InChI=1S/C12H13ClF3NO4/c1-3-20-11(18)4-7-9(19-2)5-10(8(6-13)17-7)21-12(14,15)16/h5H,3-4,6H2,1-2H3. The molecule has 0 aliphatic carbocycles. The Bertz CT molecular complexity index is 508. The van der Waals surface area contributed by atoms with Gasteiger partial charge in [0.05, 0.1) is 37.4 Å². The van der Waals surface area contributed by atoms with Crippen molar-refractivity contribution in [3.63, 3.8) is 0 Å². The van der Waals surface area contributed by atoms with Crippen molar-refractivity contribution >= 4 is 17.6 Å². The number of ether oxygens (including phenoxy) is 3. The van der Waals surface area contributed by atoms with Gasteiger partial charge in [0.15, 0.2) is 5.75 Å². The molecule has 0 bridgehead atoms. The van der Waals surface area contributed by atoms with Gasteiger partial charge in [0.1, 0.15) is 5.75 Å². The summed E-state index contributed by atoms with van der Waals surface area (Å²) in [6.07, 6.45) is -5.12. The van der Waals surface area contributed by atoms with Crippen molar-refractivity contribution in [2.45, 2.75) is 25.6 Å². The Labute approximate surface area is 124 Å². The van der Waals surface area contributed by atoms with Gasteiger partial charge in [-0.2, -0.15) is 0 Å². The minimum absolute atomic E-state index is 0.0174. The molecule has 1 aromatic rings. The van der Waals surface area contributed by atoms with Gasteiger partial charge in [0.25, 0.3) is 0 Å². The molecule has 5 nitrogen and oxygen atoms in total. The molecule has 1 rings (SSSR count). The molecule has 0 radical (unpaired) electrons. The average molecular weight is 328 g/mol. The molecule has 0 aliphatic rings. The smallest absolute Gasteiger partial charge is 0.495 e. The second-order valence-corrected chi connectivity index (χ2v) is 4.01. The second kappa shape index (κ2) is 7.35.